The molecule has 19 heavy (non-hydrogen) atoms. The fraction of sp³-hybridized carbons (Fsp3) is 0.500. The molecule has 0 spiro atoms. The van der Waals surface area contributed by atoms with Gasteiger partial charge in [-0.1, -0.05) is 19.1 Å². The van der Waals surface area contributed by atoms with Crippen molar-refractivity contribution in [3.8, 4) is 6.07 Å². The van der Waals surface area contributed by atoms with Gasteiger partial charge in [-0.05, 0) is 37.0 Å². The molecule has 3 nitrogen and oxygen atoms in total. The number of carbonyl (C=O) groups is 1. The highest BCUT2D eigenvalue weighted by Crippen LogP contribution is 2.38. The lowest BCUT2D eigenvalue weighted by atomic mass is 9.70. The molecule has 2 rings (SSSR count). The van der Waals surface area contributed by atoms with Crippen LogP contribution >= 0.6 is 0 Å². The van der Waals surface area contributed by atoms with E-state index >= 15 is 0 Å². The summed E-state index contributed by atoms with van der Waals surface area (Å²) in [5.74, 6) is 0.284. The molecule has 0 aliphatic heterocycles. The van der Waals surface area contributed by atoms with Crippen molar-refractivity contribution in [2.24, 2.45) is 0 Å². The number of ketones is 1. The minimum Gasteiger partial charge on any atom is -0.385 e. The number of nitrogens with zero attached hydrogens (tertiary/aromatic N) is 1. The third kappa shape index (κ3) is 2.96. The van der Waals surface area contributed by atoms with Crippen molar-refractivity contribution in [3.05, 3.63) is 29.8 Å². The monoisotopic (exact) mass is 256 g/mol. The Labute approximate surface area is 114 Å². The van der Waals surface area contributed by atoms with Gasteiger partial charge in [0, 0.05) is 25.1 Å². The molecule has 0 aromatic heterocycles. The van der Waals surface area contributed by atoms with Crippen LogP contribution in [0.15, 0.2) is 24.3 Å². The first kappa shape index (κ1) is 13.6. The number of hydrogen-bond donors (Lipinski definition) is 1. The van der Waals surface area contributed by atoms with E-state index in [2.05, 4.69) is 18.3 Å². The molecule has 1 saturated carbocycles. The van der Waals surface area contributed by atoms with E-state index in [9.17, 15) is 10.1 Å². The lowest BCUT2D eigenvalue weighted by Gasteiger charge is -2.30. The van der Waals surface area contributed by atoms with Crippen molar-refractivity contribution in [1.29, 1.82) is 5.26 Å². The van der Waals surface area contributed by atoms with Crippen LogP contribution in [-0.2, 0) is 10.2 Å². The molecule has 1 aromatic rings. The van der Waals surface area contributed by atoms with Gasteiger partial charge in [-0.15, -0.1) is 0 Å². The Morgan fingerprint density at radius 2 is 1.89 bits per heavy atom. The van der Waals surface area contributed by atoms with Crippen LogP contribution in [0.2, 0.25) is 0 Å². The SMILES string of the molecule is CCCNc1ccc(C2(C#N)CCC(=O)CC2)cc1. The third-order valence-electron chi connectivity index (χ3n) is 3.89. The summed E-state index contributed by atoms with van der Waals surface area (Å²) in [5, 5.41) is 12.8. The molecular weight excluding hydrogens is 236 g/mol. The summed E-state index contributed by atoms with van der Waals surface area (Å²) < 4.78 is 0. The highest BCUT2D eigenvalue weighted by molar-refractivity contribution is 5.80. The molecule has 0 saturated heterocycles. The second-order valence-electron chi connectivity index (χ2n) is 5.24. The van der Waals surface area contributed by atoms with Gasteiger partial charge >= 0.3 is 0 Å². The molecule has 3 heteroatoms. The fourth-order valence-corrected chi connectivity index (χ4v) is 2.60. The number of anilines is 1. The van der Waals surface area contributed by atoms with Gasteiger partial charge in [0.25, 0.3) is 0 Å². The summed E-state index contributed by atoms with van der Waals surface area (Å²) in [5.41, 5.74) is 1.67. The fourth-order valence-electron chi connectivity index (χ4n) is 2.60. The van der Waals surface area contributed by atoms with Crippen molar-refractivity contribution in [2.75, 3.05) is 11.9 Å². The van der Waals surface area contributed by atoms with E-state index in [-0.39, 0.29) is 5.78 Å². The van der Waals surface area contributed by atoms with Gasteiger partial charge in [-0.3, -0.25) is 4.79 Å². The van der Waals surface area contributed by atoms with E-state index < -0.39 is 5.41 Å². The molecule has 1 aliphatic carbocycles. The van der Waals surface area contributed by atoms with Crippen LogP contribution in [0.25, 0.3) is 0 Å². The van der Waals surface area contributed by atoms with E-state index in [4.69, 9.17) is 0 Å². The largest absolute Gasteiger partial charge is 0.385 e. The Hall–Kier alpha value is -1.82. The Morgan fingerprint density at radius 3 is 2.42 bits per heavy atom. The number of nitrogens with one attached hydrogen (secondary N) is 1. The molecular formula is C16H20N2O. The number of carbonyl (C=O) groups excluding carboxylic acids is 1. The summed E-state index contributed by atoms with van der Waals surface area (Å²) in [6.07, 6.45) is 3.47. The normalized spacial score (nSPS) is 17.8. The van der Waals surface area contributed by atoms with Gasteiger partial charge < -0.3 is 5.32 Å². The zero-order valence-electron chi connectivity index (χ0n) is 11.4. The van der Waals surface area contributed by atoms with Gasteiger partial charge in [-0.25, -0.2) is 0 Å². The highest BCUT2D eigenvalue weighted by Gasteiger charge is 2.36. The molecule has 0 heterocycles. The van der Waals surface area contributed by atoms with Crippen LogP contribution in [0.3, 0.4) is 0 Å². The molecule has 1 N–H and O–H groups in total. The minimum absolute atomic E-state index is 0.284. The number of Topliss-reactive ketones (excluding diaryl/α,β-unsaturated/α-hetero) is 1. The average molecular weight is 256 g/mol. The second kappa shape index (κ2) is 5.88. The molecule has 1 aromatic carbocycles. The summed E-state index contributed by atoms with van der Waals surface area (Å²) in [6.45, 7) is 3.09. The standard InChI is InChI=1S/C16H20N2O/c1-2-11-18-14-5-3-13(4-6-14)16(12-17)9-7-15(19)8-10-16/h3-6,18H,2,7-11H2,1H3. The molecule has 0 radical (unpaired) electrons. The summed E-state index contributed by atoms with van der Waals surface area (Å²) in [6, 6.07) is 10.6. The molecule has 0 bridgehead atoms. The Kier molecular flexibility index (Phi) is 4.21. The maximum absolute atomic E-state index is 11.4. The maximum Gasteiger partial charge on any atom is 0.133 e. The lowest BCUT2D eigenvalue weighted by molar-refractivity contribution is -0.120. The van der Waals surface area contributed by atoms with E-state index in [1.165, 1.54) is 0 Å². The Bertz CT molecular complexity index is 474. The zero-order chi connectivity index (χ0) is 13.7. The van der Waals surface area contributed by atoms with Crippen molar-refractivity contribution in [3.63, 3.8) is 0 Å². The van der Waals surface area contributed by atoms with Crippen molar-refractivity contribution < 1.29 is 4.79 Å². The first-order chi connectivity index (χ1) is 9.20. The molecule has 0 atom stereocenters. The first-order valence-electron chi connectivity index (χ1n) is 6.97. The van der Waals surface area contributed by atoms with Gasteiger partial charge in [0.2, 0.25) is 0 Å². The summed E-state index contributed by atoms with van der Waals surface area (Å²) >= 11 is 0. The predicted molar refractivity (Wildman–Crippen MR) is 76.0 cm³/mol. The van der Waals surface area contributed by atoms with Crippen molar-refractivity contribution in [1.82, 2.24) is 0 Å². The first-order valence-corrected chi connectivity index (χ1v) is 6.97. The van der Waals surface area contributed by atoms with E-state index in [0.717, 1.165) is 24.2 Å². The van der Waals surface area contributed by atoms with E-state index in [1.54, 1.807) is 0 Å². The molecule has 0 amide bonds. The molecule has 0 unspecified atom stereocenters. The Morgan fingerprint density at radius 1 is 1.26 bits per heavy atom. The quantitative estimate of drug-likeness (QED) is 0.898. The Balaban J connectivity index is 2.15. The smallest absolute Gasteiger partial charge is 0.133 e. The molecule has 1 aliphatic rings. The second-order valence-corrected chi connectivity index (χ2v) is 5.24. The number of benzene rings is 1. The van der Waals surface area contributed by atoms with Crippen LogP contribution in [0, 0.1) is 11.3 Å². The average Bonchev–Trinajstić information content (AvgIpc) is 2.47. The van der Waals surface area contributed by atoms with Crippen LogP contribution in [0.1, 0.15) is 44.6 Å². The van der Waals surface area contributed by atoms with Crippen molar-refractivity contribution in [2.45, 2.75) is 44.4 Å². The van der Waals surface area contributed by atoms with Gasteiger partial charge in [0.15, 0.2) is 0 Å². The topological polar surface area (TPSA) is 52.9 Å². The van der Waals surface area contributed by atoms with Crippen LogP contribution in [-0.4, -0.2) is 12.3 Å². The van der Waals surface area contributed by atoms with E-state index in [0.29, 0.717) is 25.7 Å². The minimum atomic E-state index is -0.461. The van der Waals surface area contributed by atoms with Crippen LogP contribution < -0.4 is 5.32 Å². The highest BCUT2D eigenvalue weighted by atomic mass is 16.1. The van der Waals surface area contributed by atoms with Gasteiger partial charge in [-0.2, -0.15) is 5.26 Å². The van der Waals surface area contributed by atoms with Crippen LogP contribution in [0.4, 0.5) is 5.69 Å². The maximum atomic E-state index is 11.4. The van der Waals surface area contributed by atoms with Gasteiger partial charge in [0.05, 0.1) is 11.5 Å². The summed E-state index contributed by atoms with van der Waals surface area (Å²) in [4.78, 5) is 11.4. The molecule has 100 valence electrons. The number of nitriles is 1. The van der Waals surface area contributed by atoms with E-state index in [1.807, 2.05) is 24.3 Å². The number of rotatable bonds is 4. The lowest BCUT2D eigenvalue weighted by Crippen LogP contribution is -2.30. The predicted octanol–water partition coefficient (Wildman–Crippen LogP) is 3.41. The summed E-state index contributed by atoms with van der Waals surface area (Å²) in [7, 11) is 0. The van der Waals surface area contributed by atoms with Gasteiger partial charge in [0.1, 0.15) is 5.78 Å². The van der Waals surface area contributed by atoms with Crippen molar-refractivity contribution >= 4 is 11.5 Å². The zero-order valence-corrected chi connectivity index (χ0v) is 11.4. The third-order valence-corrected chi connectivity index (χ3v) is 3.89. The molecule has 1 fully saturated rings. The number of hydrogen-bond acceptors (Lipinski definition) is 3. The van der Waals surface area contributed by atoms with Crippen LogP contribution in [0.5, 0.6) is 0 Å².